The third-order valence-electron chi connectivity index (χ3n) is 5.26. The molecule has 5 nitrogen and oxygen atoms in total. The number of piperidine rings is 1. The second-order valence-corrected chi connectivity index (χ2v) is 7.46. The van der Waals surface area contributed by atoms with Gasteiger partial charge in [-0.05, 0) is 79.9 Å². The van der Waals surface area contributed by atoms with Crippen LogP contribution in [0.1, 0.15) is 31.1 Å². The molecule has 1 fully saturated rings. The van der Waals surface area contributed by atoms with Crippen LogP contribution in [0.25, 0.3) is 11.3 Å². The predicted molar refractivity (Wildman–Crippen MR) is 114 cm³/mol. The van der Waals surface area contributed by atoms with Gasteiger partial charge in [0.15, 0.2) is 0 Å². The summed E-state index contributed by atoms with van der Waals surface area (Å²) >= 11 is 0. The average Bonchev–Trinajstić information content (AvgIpc) is 2.81. The Morgan fingerprint density at radius 1 is 0.933 bits per heavy atom. The summed E-state index contributed by atoms with van der Waals surface area (Å²) in [5.41, 5.74) is 3.08. The highest BCUT2D eigenvalue weighted by Gasteiger charge is 2.17. The molecule has 2 heterocycles. The van der Waals surface area contributed by atoms with Crippen LogP contribution in [0.5, 0.6) is 11.5 Å². The van der Waals surface area contributed by atoms with Crippen molar-refractivity contribution in [2.45, 2.75) is 25.4 Å². The number of anilines is 1. The summed E-state index contributed by atoms with van der Waals surface area (Å²) in [4.78, 5) is 6.87. The lowest BCUT2D eigenvalue weighted by atomic mass is 10.1. The van der Waals surface area contributed by atoms with Crippen LogP contribution in [-0.4, -0.2) is 34.9 Å². The van der Waals surface area contributed by atoms with Crippen molar-refractivity contribution in [1.29, 1.82) is 0 Å². The second kappa shape index (κ2) is 9.24. The molecule has 3 aromatic rings. The Morgan fingerprint density at radius 3 is 2.20 bits per heavy atom. The van der Waals surface area contributed by atoms with Gasteiger partial charge in [-0.15, -0.1) is 0 Å². The van der Waals surface area contributed by atoms with Crippen molar-refractivity contribution in [3.8, 4) is 22.8 Å². The monoisotopic (exact) mass is 408 g/mol. The molecule has 1 aliphatic rings. The Balaban J connectivity index is 1.60. The third-order valence-corrected chi connectivity index (χ3v) is 5.26. The molecule has 1 aromatic heterocycles. The standard InChI is InChI=1S/C24H25FN2O3/c25-18-6-10-21(11-7-18)30-20-8-4-17(5-9-20)22-14-19(27-12-2-1-3-13-27)15-23(26-22)24(29)16-28/h4-11,14-15,24,28-29H,1-3,12-13,16H2/t24-/m0/s1. The summed E-state index contributed by atoms with van der Waals surface area (Å²) in [5.74, 6) is 0.883. The highest BCUT2D eigenvalue weighted by atomic mass is 19.1. The molecule has 156 valence electrons. The number of hydrogen-bond donors (Lipinski definition) is 2. The van der Waals surface area contributed by atoms with E-state index in [-0.39, 0.29) is 12.4 Å². The molecule has 1 aliphatic heterocycles. The van der Waals surface area contributed by atoms with E-state index in [2.05, 4.69) is 9.88 Å². The van der Waals surface area contributed by atoms with Gasteiger partial charge in [-0.1, -0.05) is 0 Å². The fourth-order valence-electron chi connectivity index (χ4n) is 3.62. The molecular weight excluding hydrogens is 383 g/mol. The maximum absolute atomic E-state index is 13.0. The van der Waals surface area contributed by atoms with Crippen LogP contribution < -0.4 is 9.64 Å². The minimum atomic E-state index is -1.02. The Kier molecular flexibility index (Phi) is 6.26. The molecule has 2 aromatic carbocycles. The van der Waals surface area contributed by atoms with E-state index >= 15 is 0 Å². The number of aromatic nitrogens is 1. The molecule has 2 N–H and O–H groups in total. The van der Waals surface area contributed by atoms with Crippen LogP contribution in [0.2, 0.25) is 0 Å². The summed E-state index contributed by atoms with van der Waals surface area (Å²) < 4.78 is 18.8. The van der Waals surface area contributed by atoms with Crippen LogP contribution in [-0.2, 0) is 0 Å². The van der Waals surface area contributed by atoms with Crippen LogP contribution >= 0.6 is 0 Å². The number of aliphatic hydroxyl groups is 2. The molecule has 1 saturated heterocycles. The van der Waals surface area contributed by atoms with Crippen molar-refractivity contribution in [3.63, 3.8) is 0 Å². The fourth-order valence-corrected chi connectivity index (χ4v) is 3.62. The zero-order valence-corrected chi connectivity index (χ0v) is 16.7. The maximum atomic E-state index is 13.0. The first-order valence-corrected chi connectivity index (χ1v) is 10.2. The van der Waals surface area contributed by atoms with E-state index in [0.717, 1.165) is 42.9 Å². The highest BCUT2D eigenvalue weighted by Crippen LogP contribution is 2.30. The summed E-state index contributed by atoms with van der Waals surface area (Å²) in [6.45, 7) is 1.57. The van der Waals surface area contributed by atoms with E-state index in [1.165, 1.54) is 18.6 Å². The quantitative estimate of drug-likeness (QED) is 0.619. The first kappa shape index (κ1) is 20.3. The molecule has 1 atom stereocenters. The number of ether oxygens (including phenoxy) is 1. The SMILES string of the molecule is OC[C@H](O)c1cc(N2CCCCC2)cc(-c2ccc(Oc3ccc(F)cc3)cc2)n1. The van der Waals surface area contributed by atoms with Crippen molar-refractivity contribution in [1.82, 2.24) is 4.98 Å². The number of rotatable bonds is 6. The van der Waals surface area contributed by atoms with Crippen molar-refractivity contribution in [2.24, 2.45) is 0 Å². The normalized spacial score (nSPS) is 15.1. The van der Waals surface area contributed by atoms with Gasteiger partial charge in [0.25, 0.3) is 0 Å². The Labute approximate surface area is 175 Å². The number of hydrogen-bond acceptors (Lipinski definition) is 5. The molecule has 0 unspecified atom stereocenters. The number of pyridine rings is 1. The Morgan fingerprint density at radius 2 is 1.57 bits per heavy atom. The van der Waals surface area contributed by atoms with Gasteiger partial charge in [-0.3, -0.25) is 0 Å². The van der Waals surface area contributed by atoms with Crippen LogP contribution in [0.4, 0.5) is 10.1 Å². The number of halogens is 1. The van der Waals surface area contributed by atoms with Gasteiger partial charge in [0.1, 0.15) is 23.4 Å². The first-order valence-electron chi connectivity index (χ1n) is 10.2. The van der Waals surface area contributed by atoms with E-state index in [1.54, 1.807) is 12.1 Å². The summed E-state index contributed by atoms with van der Waals surface area (Å²) in [5, 5.41) is 19.6. The average molecular weight is 408 g/mol. The number of benzene rings is 2. The third kappa shape index (κ3) is 4.78. The lowest BCUT2D eigenvalue weighted by molar-refractivity contribution is 0.0924. The van der Waals surface area contributed by atoms with Gasteiger partial charge in [0.2, 0.25) is 0 Å². The topological polar surface area (TPSA) is 65.8 Å². The molecule has 0 bridgehead atoms. The molecule has 30 heavy (non-hydrogen) atoms. The number of aliphatic hydroxyl groups excluding tert-OH is 2. The maximum Gasteiger partial charge on any atom is 0.127 e. The molecular formula is C24H25FN2O3. The summed E-state index contributed by atoms with van der Waals surface area (Å²) in [7, 11) is 0. The van der Waals surface area contributed by atoms with Gasteiger partial charge in [0, 0.05) is 24.3 Å². The lowest BCUT2D eigenvalue weighted by Gasteiger charge is -2.29. The predicted octanol–water partition coefficient (Wildman–Crippen LogP) is 4.70. The molecule has 0 spiro atoms. The molecule has 0 aliphatic carbocycles. The largest absolute Gasteiger partial charge is 0.457 e. The van der Waals surface area contributed by atoms with Crippen molar-refractivity contribution >= 4 is 5.69 Å². The molecule has 0 saturated carbocycles. The molecule has 4 rings (SSSR count). The van der Waals surface area contributed by atoms with Gasteiger partial charge < -0.3 is 19.8 Å². The van der Waals surface area contributed by atoms with Gasteiger partial charge >= 0.3 is 0 Å². The zero-order valence-electron chi connectivity index (χ0n) is 16.7. The molecule has 0 amide bonds. The lowest BCUT2D eigenvalue weighted by Crippen LogP contribution is -2.29. The zero-order chi connectivity index (χ0) is 20.9. The van der Waals surface area contributed by atoms with Crippen LogP contribution in [0.3, 0.4) is 0 Å². The van der Waals surface area contributed by atoms with E-state index < -0.39 is 6.10 Å². The summed E-state index contributed by atoms with van der Waals surface area (Å²) in [6.07, 6.45) is 2.50. The van der Waals surface area contributed by atoms with Crippen molar-refractivity contribution in [3.05, 3.63) is 72.2 Å². The van der Waals surface area contributed by atoms with E-state index in [4.69, 9.17) is 4.74 Å². The van der Waals surface area contributed by atoms with Crippen molar-refractivity contribution < 1.29 is 19.3 Å². The minimum Gasteiger partial charge on any atom is -0.457 e. The number of nitrogens with zero attached hydrogens (tertiary/aromatic N) is 2. The first-order chi connectivity index (χ1) is 14.6. The minimum absolute atomic E-state index is 0.307. The molecule has 0 radical (unpaired) electrons. The summed E-state index contributed by atoms with van der Waals surface area (Å²) in [6, 6.07) is 17.2. The van der Waals surface area contributed by atoms with Gasteiger partial charge in [-0.2, -0.15) is 0 Å². The van der Waals surface area contributed by atoms with E-state index in [1.807, 2.05) is 36.4 Å². The highest BCUT2D eigenvalue weighted by molar-refractivity contribution is 5.66. The van der Waals surface area contributed by atoms with Crippen LogP contribution in [0.15, 0.2) is 60.7 Å². The Bertz CT molecular complexity index is 971. The second-order valence-electron chi connectivity index (χ2n) is 7.46. The molecule has 6 heteroatoms. The van der Waals surface area contributed by atoms with Crippen molar-refractivity contribution in [2.75, 3.05) is 24.6 Å². The van der Waals surface area contributed by atoms with E-state index in [9.17, 15) is 14.6 Å². The van der Waals surface area contributed by atoms with E-state index in [0.29, 0.717) is 17.2 Å². The van der Waals surface area contributed by atoms with Gasteiger partial charge in [0.05, 0.1) is 18.0 Å². The smallest absolute Gasteiger partial charge is 0.127 e. The van der Waals surface area contributed by atoms with Gasteiger partial charge in [-0.25, -0.2) is 9.37 Å². The van der Waals surface area contributed by atoms with Crippen LogP contribution in [0, 0.1) is 5.82 Å². The Hall–Kier alpha value is -2.96. The fraction of sp³-hybridized carbons (Fsp3) is 0.292.